The van der Waals surface area contributed by atoms with E-state index >= 15 is 0 Å². The van der Waals surface area contributed by atoms with Crippen molar-refractivity contribution in [2.24, 2.45) is 5.73 Å². The Morgan fingerprint density at radius 2 is 1.31 bits per heavy atom. The normalized spacial score (nSPS) is 12.2. The first kappa shape index (κ1) is 30.8. The summed E-state index contributed by atoms with van der Waals surface area (Å²) in [6.45, 7) is 7.61. The lowest BCUT2D eigenvalue weighted by Gasteiger charge is -2.20. The number of nitrogens with one attached hydrogen (secondary N) is 2. The number of carbonyl (C=O) groups excluding carboxylic acids is 2. The quantitative estimate of drug-likeness (QED) is 0.204. The fraction of sp³-hybridized carbons (Fsp3) is 0.920. The second-order valence-electron chi connectivity index (χ2n) is 8.87. The van der Waals surface area contributed by atoms with Crippen LogP contribution < -0.4 is 16.4 Å². The second kappa shape index (κ2) is 23.0. The summed E-state index contributed by atoms with van der Waals surface area (Å²) in [5.74, 6) is 0.0231. The first-order chi connectivity index (χ1) is 15.5. The highest BCUT2D eigenvalue weighted by Crippen LogP contribution is 2.10. The van der Waals surface area contributed by atoms with E-state index in [1.165, 1.54) is 64.2 Å². The first-order valence-electron chi connectivity index (χ1n) is 13.1. The van der Waals surface area contributed by atoms with Gasteiger partial charge >= 0.3 is 0 Å². The third-order valence-corrected chi connectivity index (χ3v) is 5.62. The van der Waals surface area contributed by atoms with Crippen LogP contribution in [0.2, 0.25) is 0 Å². The lowest BCUT2D eigenvalue weighted by atomic mass is 10.1. The largest absolute Gasteiger partial charge is 0.373 e. The zero-order valence-corrected chi connectivity index (χ0v) is 21.3. The third kappa shape index (κ3) is 20.7. The van der Waals surface area contributed by atoms with Crippen molar-refractivity contribution in [3.8, 4) is 0 Å². The number of unbranched alkanes of at least 4 members (excludes halogenated alkanes) is 9. The van der Waals surface area contributed by atoms with Crippen molar-refractivity contribution < 1.29 is 14.3 Å². The predicted octanol–water partition coefficient (Wildman–Crippen LogP) is 3.61. The van der Waals surface area contributed by atoms with Gasteiger partial charge in [-0.25, -0.2) is 0 Å². The van der Waals surface area contributed by atoms with Gasteiger partial charge in [0.05, 0.1) is 12.7 Å². The standard InChI is InChI=1S/C25H52N4O3/c1-4-6-7-8-9-10-11-12-13-14-18-29(3)19-16-25(31)28-22-23(32-20-17-26)21-27-24(30)15-5-2/h23H,4-22,26H2,1-3H3,(H,27,30)(H,28,31). The molecule has 32 heavy (non-hydrogen) atoms. The molecule has 0 aromatic rings. The van der Waals surface area contributed by atoms with Crippen LogP contribution >= 0.6 is 0 Å². The van der Waals surface area contributed by atoms with Gasteiger partial charge in [-0.1, -0.05) is 71.6 Å². The van der Waals surface area contributed by atoms with Crippen molar-refractivity contribution in [3.05, 3.63) is 0 Å². The SMILES string of the molecule is CCCCCCCCCCCCN(C)CCC(=O)NCC(CNC(=O)CCC)OCCN. The smallest absolute Gasteiger partial charge is 0.221 e. The summed E-state index contributed by atoms with van der Waals surface area (Å²) in [4.78, 5) is 26.1. The zero-order chi connectivity index (χ0) is 23.9. The molecule has 2 amide bonds. The maximum atomic E-state index is 12.2. The van der Waals surface area contributed by atoms with Crippen LogP contribution in [0.1, 0.15) is 97.3 Å². The van der Waals surface area contributed by atoms with E-state index < -0.39 is 0 Å². The summed E-state index contributed by atoms with van der Waals surface area (Å²) in [6, 6.07) is 0. The molecule has 4 N–H and O–H groups in total. The van der Waals surface area contributed by atoms with Gasteiger partial charge in [0.25, 0.3) is 0 Å². The molecule has 7 nitrogen and oxygen atoms in total. The Kier molecular flexibility index (Phi) is 22.1. The summed E-state index contributed by atoms with van der Waals surface area (Å²) in [6.07, 6.45) is 14.9. The van der Waals surface area contributed by atoms with Crippen LogP contribution in [0.25, 0.3) is 0 Å². The molecular formula is C25H52N4O3. The van der Waals surface area contributed by atoms with E-state index in [0.29, 0.717) is 39.1 Å². The number of hydrogen-bond donors (Lipinski definition) is 3. The predicted molar refractivity (Wildman–Crippen MR) is 134 cm³/mol. The third-order valence-electron chi connectivity index (χ3n) is 5.62. The molecule has 0 spiro atoms. The van der Waals surface area contributed by atoms with Gasteiger partial charge in [-0.15, -0.1) is 0 Å². The molecule has 1 unspecified atom stereocenters. The van der Waals surface area contributed by atoms with Crippen molar-refractivity contribution in [2.45, 2.75) is 103 Å². The topological polar surface area (TPSA) is 96.7 Å². The summed E-state index contributed by atoms with van der Waals surface area (Å²) >= 11 is 0. The van der Waals surface area contributed by atoms with E-state index in [9.17, 15) is 9.59 Å². The Bertz CT molecular complexity index is 449. The van der Waals surface area contributed by atoms with E-state index in [-0.39, 0.29) is 17.9 Å². The van der Waals surface area contributed by atoms with Gasteiger partial charge < -0.3 is 26.0 Å². The van der Waals surface area contributed by atoms with E-state index in [1.54, 1.807) is 0 Å². The highest BCUT2D eigenvalue weighted by Gasteiger charge is 2.13. The number of amides is 2. The van der Waals surface area contributed by atoms with Crippen LogP contribution in [0.3, 0.4) is 0 Å². The summed E-state index contributed by atoms with van der Waals surface area (Å²) < 4.78 is 5.65. The lowest BCUT2D eigenvalue weighted by Crippen LogP contribution is -2.42. The van der Waals surface area contributed by atoms with E-state index in [0.717, 1.165) is 19.5 Å². The fourth-order valence-corrected chi connectivity index (χ4v) is 3.56. The first-order valence-corrected chi connectivity index (χ1v) is 13.1. The molecule has 0 rings (SSSR count). The van der Waals surface area contributed by atoms with E-state index in [4.69, 9.17) is 10.5 Å². The van der Waals surface area contributed by atoms with Crippen molar-refractivity contribution >= 4 is 11.8 Å². The lowest BCUT2D eigenvalue weighted by molar-refractivity contribution is -0.122. The number of nitrogens with zero attached hydrogens (tertiary/aromatic N) is 1. The van der Waals surface area contributed by atoms with Gasteiger partial charge in [0, 0.05) is 39.0 Å². The Labute approximate surface area is 197 Å². The van der Waals surface area contributed by atoms with Gasteiger partial charge in [0.1, 0.15) is 0 Å². The minimum Gasteiger partial charge on any atom is -0.373 e. The minimum atomic E-state index is -0.257. The van der Waals surface area contributed by atoms with Crippen LogP contribution in [-0.2, 0) is 14.3 Å². The van der Waals surface area contributed by atoms with Gasteiger partial charge in [-0.05, 0) is 26.4 Å². The highest BCUT2D eigenvalue weighted by atomic mass is 16.5. The average molecular weight is 457 g/mol. The Morgan fingerprint density at radius 1 is 0.781 bits per heavy atom. The Morgan fingerprint density at radius 3 is 1.84 bits per heavy atom. The van der Waals surface area contributed by atoms with Crippen LogP contribution in [-0.4, -0.2) is 69.2 Å². The molecule has 7 heteroatoms. The molecule has 0 aliphatic carbocycles. The molecule has 190 valence electrons. The molecule has 0 radical (unpaired) electrons. The van der Waals surface area contributed by atoms with Crippen molar-refractivity contribution in [1.82, 2.24) is 15.5 Å². The molecule has 0 aliphatic heterocycles. The summed E-state index contributed by atoms with van der Waals surface area (Å²) in [5.41, 5.74) is 5.51. The monoisotopic (exact) mass is 456 g/mol. The van der Waals surface area contributed by atoms with Gasteiger partial charge in [-0.2, -0.15) is 0 Å². The Hall–Kier alpha value is -1.18. The molecule has 0 bridgehead atoms. The molecule has 0 saturated carbocycles. The van der Waals surface area contributed by atoms with E-state index in [2.05, 4.69) is 29.5 Å². The van der Waals surface area contributed by atoms with E-state index in [1.807, 2.05) is 6.92 Å². The van der Waals surface area contributed by atoms with Crippen molar-refractivity contribution in [1.29, 1.82) is 0 Å². The number of nitrogens with two attached hydrogens (primary N) is 1. The van der Waals surface area contributed by atoms with Crippen LogP contribution in [0, 0.1) is 0 Å². The van der Waals surface area contributed by atoms with Crippen LogP contribution in [0.15, 0.2) is 0 Å². The molecule has 0 heterocycles. The van der Waals surface area contributed by atoms with Gasteiger partial charge in [-0.3, -0.25) is 9.59 Å². The summed E-state index contributed by atoms with van der Waals surface area (Å²) in [5, 5.41) is 5.78. The zero-order valence-electron chi connectivity index (χ0n) is 21.3. The van der Waals surface area contributed by atoms with Crippen molar-refractivity contribution in [2.75, 3.05) is 46.4 Å². The molecular weight excluding hydrogens is 404 g/mol. The minimum absolute atomic E-state index is 0.00812. The molecule has 0 aliphatic rings. The van der Waals surface area contributed by atoms with Crippen LogP contribution in [0.4, 0.5) is 0 Å². The van der Waals surface area contributed by atoms with Crippen LogP contribution in [0.5, 0.6) is 0 Å². The fourth-order valence-electron chi connectivity index (χ4n) is 3.56. The maximum absolute atomic E-state index is 12.2. The molecule has 0 aromatic carbocycles. The molecule has 0 saturated heterocycles. The number of rotatable bonds is 23. The number of hydrogen-bond acceptors (Lipinski definition) is 5. The molecule has 1 atom stereocenters. The second-order valence-corrected chi connectivity index (χ2v) is 8.87. The molecule has 0 aromatic heterocycles. The number of ether oxygens (including phenoxy) is 1. The van der Waals surface area contributed by atoms with Crippen molar-refractivity contribution in [3.63, 3.8) is 0 Å². The highest BCUT2D eigenvalue weighted by molar-refractivity contribution is 5.76. The molecule has 0 fully saturated rings. The maximum Gasteiger partial charge on any atom is 0.221 e. The Balaban J connectivity index is 3.80. The average Bonchev–Trinajstić information content (AvgIpc) is 2.78. The summed E-state index contributed by atoms with van der Waals surface area (Å²) in [7, 11) is 2.08. The number of carbonyl (C=O) groups is 2. The van der Waals surface area contributed by atoms with Gasteiger partial charge in [0.15, 0.2) is 0 Å². The van der Waals surface area contributed by atoms with Gasteiger partial charge in [0.2, 0.25) is 11.8 Å².